The smallest absolute Gasteiger partial charge is 0.360 e. The van der Waals surface area contributed by atoms with Crippen molar-refractivity contribution >= 4 is 33.3 Å². The molecule has 30 heavy (non-hydrogen) atoms. The van der Waals surface area contributed by atoms with E-state index >= 15 is 0 Å². The van der Waals surface area contributed by atoms with Gasteiger partial charge in [0.2, 0.25) is 0 Å². The topological polar surface area (TPSA) is 108 Å². The Hall–Kier alpha value is -3.11. The van der Waals surface area contributed by atoms with Crippen molar-refractivity contribution in [2.75, 3.05) is 18.4 Å². The second-order valence-corrected chi connectivity index (χ2v) is 7.98. The minimum absolute atomic E-state index is 0.0192. The average molecular weight is 455 g/mol. The Balaban J connectivity index is 1.99. The molecule has 0 radical (unpaired) electrons. The Labute approximate surface area is 176 Å². The SMILES string of the molecule is CCOC(=O)c1cc(-c2ccc(OC)c(S(=O)(=O)Nc3ccc(Cl)cc3F)c2)on1. The molecule has 2 aromatic carbocycles. The van der Waals surface area contributed by atoms with Crippen LogP contribution in [0.4, 0.5) is 10.1 Å². The maximum Gasteiger partial charge on any atom is 0.360 e. The molecule has 0 fully saturated rings. The number of ether oxygens (including phenoxy) is 2. The van der Waals surface area contributed by atoms with Crippen molar-refractivity contribution in [1.82, 2.24) is 5.16 Å². The lowest BCUT2D eigenvalue weighted by atomic mass is 10.1. The standard InChI is InChI=1S/C19H16ClFN2O6S/c1-3-28-19(24)15-10-17(29-22-15)11-4-7-16(27-2)18(8-11)30(25,26)23-14-6-5-12(20)9-13(14)21/h4-10,23H,3H2,1-2H3. The lowest BCUT2D eigenvalue weighted by molar-refractivity contribution is 0.0514. The molecule has 3 aromatic rings. The van der Waals surface area contributed by atoms with Gasteiger partial charge in [0.1, 0.15) is 16.5 Å². The summed E-state index contributed by atoms with van der Waals surface area (Å²) in [5, 5.41) is 3.75. The van der Waals surface area contributed by atoms with Crippen LogP contribution in [0.5, 0.6) is 5.75 Å². The molecule has 8 nitrogen and oxygen atoms in total. The van der Waals surface area contributed by atoms with Gasteiger partial charge in [-0.25, -0.2) is 17.6 Å². The van der Waals surface area contributed by atoms with E-state index in [0.29, 0.717) is 5.56 Å². The molecule has 1 aromatic heterocycles. The van der Waals surface area contributed by atoms with Crippen LogP contribution in [0, 0.1) is 5.82 Å². The Morgan fingerprint density at radius 2 is 2.00 bits per heavy atom. The van der Waals surface area contributed by atoms with Gasteiger partial charge in [-0.1, -0.05) is 16.8 Å². The van der Waals surface area contributed by atoms with Gasteiger partial charge in [-0.2, -0.15) is 0 Å². The number of rotatable bonds is 7. The zero-order valence-corrected chi connectivity index (χ0v) is 17.4. The quantitative estimate of drug-likeness (QED) is 0.535. The van der Waals surface area contributed by atoms with Gasteiger partial charge in [-0.05, 0) is 43.3 Å². The van der Waals surface area contributed by atoms with E-state index in [1.165, 1.54) is 43.5 Å². The summed E-state index contributed by atoms with van der Waals surface area (Å²) in [6.45, 7) is 1.81. The minimum Gasteiger partial charge on any atom is -0.495 e. The molecule has 1 heterocycles. The first-order valence-corrected chi connectivity index (χ1v) is 10.4. The second-order valence-electron chi connectivity index (χ2n) is 5.89. The number of esters is 1. The molecular weight excluding hydrogens is 439 g/mol. The van der Waals surface area contributed by atoms with Crippen LogP contribution in [-0.4, -0.2) is 33.3 Å². The summed E-state index contributed by atoms with van der Waals surface area (Å²) in [7, 11) is -2.96. The Morgan fingerprint density at radius 3 is 2.67 bits per heavy atom. The summed E-state index contributed by atoms with van der Waals surface area (Å²) in [6.07, 6.45) is 0. The van der Waals surface area contributed by atoms with Gasteiger partial charge in [0.05, 0.1) is 19.4 Å². The highest BCUT2D eigenvalue weighted by Gasteiger charge is 2.23. The molecule has 0 saturated carbocycles. The molecule has 0 aliphatic heterocycles. The number of carbonyl (C=O) groups is 1. The molecule has 0 spiro atoms. The van der Waals surface area contributed by atoms with Crippen molar-refractivity contribution < 1.29 is 31.6 Å². The van der Waals surface area contributed by atoms with Gasteiger partial charge < -0.3 is 14.0 Å². The van der Waals surface area contributed by atoms with Crippen LogP contribution < -0.4 is 9.46 Å². The number of methoxy groups -OCH3 is 1. The summed E-state index contributed by atoms with van der Waals surface area (Å²) in [5.74, 6) is -1.36. The van der Waals surface area contributed by atoms with Crippen LogP contribution in [0.15, 0.2) is 51.9 Å². The molecule has 0 unspecified atom stereocenters. The molecule has 0 bridgehead atoms. The van der Waals surface area contributed by atoms with Crippen molar-refractivity contribution in [2.45, 2.75) is 11.8 Å². The third-order valence-electron chi connectivity index (χ3n) is 3.91. The summed E-state index contributed by atoms with van der Waals surface area (Å²) >= 11 is 5.70. The largest absolute Gasteiger partial charge is 0.495 e. The Kier molecular flexibility index (Phi) is 6.28. The van der Waals surface area contributed by atoms with Gasteiger partial charge in [0.15, 0.2) is 11.5 Å². The van der Waals surface area contributed by atoms with Crippen LogP contribution in [0.3, 0.4) is 0 Å². The number of hydrogen-bond acceptors (Lipinski definition) is 7. The van der Waals surface area contributed by atoms with Crippen LogP contribution in [0.25, 0.3) is 11.3 Å². The van der Waals surface area contributed by atoms with E-state index in [4.69, 9.17) is 25.6 Å². The molecule has 1 N–H and O–H groups in total. The predicted octanol–water partition coefficient (Wildman–Crippen LogP) is 4.12. The van der Waals surface area contributed by atoms with E-state index in [2.05, 4.69) is 9.88 Å². The normalized spacial score (nSPS) is 11.2. The molecule has 11 heteroatoms. The Morgan fingerprint density at radius 1 is 1.23 bits per heavy atom. The van der Waals surface area contributed by atoms with Crippen molar-refractivity contribution in [3.63, 3.8) is 0 Å². The number of carbonyl (C=O) groups excluding carboxylic acids is 1. The highest BCUT2D eigenvalue weighted by atomic mass is 35.5. The number of hydrogen-bond donors (Lipinski definition) is 1. The molecule has 0 aliphatic rings. The summed E-state index contributed by atoms with van der Waals surface area (Å²) in [4.78, 5) is 11.5. The number of nitrogens with one attached hydrogen (secondary N) is 1. The fourth-order valence-electron chi connectivity index (χ4n) is 2.52. The summed E-state index contributed by atoms with van der Waals surface area (Å²) in [5.41, 5.74) is -0.0413. The zero-order valence-electron chi connectivity index (χ0n) is 15.8. The molecular formula is C19H16ClFN2O6S. The van der Waals surface area contributed by atoms with Gasteiger partial charge in [0.25, 0.3) is 10.0 Å². The van der Waals surface area contributed by atoms with Crippen molar-refractivity contribution in [3.05, 3.63) is 59.0 Å². The monoisotopic (exact) mass is 454 g/mol. The van der Waals surface area contributed by atoms with Gasteiger partial charge in [0, 0.05) is 16.7 Å². The fourth-order valence-corrected chi connectivity index (χ4v) is 3.95. The van der Waals surface area contributed by atoms with Crippen molar-refractivity contribution in [1.29, 1.82) is 0 Å². The maximum atomic E-state index is 14.1. The first-order chi connectivity index (χ1) is 14.2. The highest BCUT2D eigenvalue weighted by molar-refractivity contribution is 7.92. The highest BCUT2D eigenvalue weighted by Crippen LogP contribution is 2.32. The van der Waals surface area contributed by atoms with E-state index in [9.17, 15) is 17.6 Å². The molecule has 0 amide bonds. The number of nitrogens with zero attached hydrogens (tertiary/aromatic N) is 1. The number of aromatic nitrogens is 1. The lowest BCUT2D eigenvalue weighted by Gasteiger charge is -2.13. The molecule has 0 saturated heterocycles. The average Bonchev–Trinajstić information content (AvgIpc) is 3.20. The summed E-state index contributed by atoms with van der Waals surface area (Å²) < 4.78 is 57.1. The van der Waals surface area contributed by atoms with Gasteiger partial charge in [-0.3, -0.25) is 4.72 Å². The zero-order chi connectivity index (χ0) is 21.9. The van der Waals surface area contributed by atoms with E-state index in [0.717, 1.165) is 6.07 Å². The molecule has 158 valence electrons. The molecule has 0 aliphatic carbocycles. The van der Waals surface area contributed by atoms with E-state index in [1.807, 2.05) is 0 Å². The molecule has 0 atom stereocenters. The minimum atomic E-state index is -4.25. The number of sulfonamides is 1. The second kappa shape index (κ2) is 8.72. The third-order valence-corrected chi connectivity index (χ3v) is 5.53. The predicted molar refractivity (Wildman–Crippen MR) is 107 cm³/mol. The van der Waals surface area contributed by atoms with Crippen LogP contribution in [0.2, 0.25) is 5.02 Å². The van der Waals surface area contributed by atoms with Gasteiger partial charge >= 0.3 is 5.97 Å². The molecule has 3 rings (SSSR count). The van der Waals surface area contributed by atoms with E-state index < -0.39 is 21.8 Å². The Bertz CT molecular complexity index is 1200. The first-order valence-electron chi connectivity index (χ1n) is 8.55. The van der Waals surface area contributed by atoms with Gasteiger partial charge in [-0.15, -0.1) is 0 Å². The first kappa shape index (κ1) is 21.6. The summed E-state index contributed by atoms with van der Waals surface area (Å²) in [6, 6.07) is 9.03. The number of anilines is 1. The van der Waals surface area contributed by atoms with E-state index in [-0.39, 0.29) is 39.4 Å². The van der Waals surface area contributed by atoms with Crippen molar-refractivity contribution in [2.24, 2.45) is 0 Å². The number of halogens is 2. The maximum absolute atomic E-state index is 14.1. The lowest BCUT2D eigenvalue weighted by Crippen LogP contribution is -2.15. The number of benzene rings is 2. The third kappa shape index (κ3) is 4.55. The van der Waals surface area contributed by atoms with Crippen LogP contribution >= 0.6 is 11.6 Å². The van der Waals surface area contributed by atoms with Crippen LogP contribution in [-0.2, 0) is 14.8 Å². The fraction of sp³-hybridized carbons (Fsp3) is 0.158. The van der Waals surface area contributed by atoms with E-state index in [1.54, 1.807) is 6.92 Å². The van der Waals surface area contributed by atoms with Crippen molar-refractivity contribution in [3.8, 4) is 17.1 Å². The van der Waals surface area contributed by atoms with Crippen LogP contribution in [0.1, 0.15) is 17.4 Å².